The lowest BCUT2D eigenvalue weighted by atomic mass is 9.84. The number of hydrogen-bond acceptors (Lipinski definition) is 6. The summed E-state index contributed by atoms with van der Waals surface area (Å²) < 4.78 is 2.23. The zero-order valence-corrected chi connectivity index (χ0v) is 33.6. The van der Waals surface area contributed by atoms with Gasteiger partial charge in [-0.3, -0.25) is 9.37 Å². The predicted molar refractivity (Wildman–Crippen MR) is 218 cm³/mol. The monoisotopic (exact) mass is 718 g/mol. The molecule has 1 aromatic rings. The summed E-state index contributed by atoms with van der Waals surface area (Å²) in [6.45, 7) is 12.4. The Balaban J connectivity index is 1.40. The third kappa shape index (κ3) is 15.1. The molecule has 0 aromatic carbocycles. The standard InChI is InChI=1S/C44H72N6O2/c1-5-9-11-13-15-17-19-21-23-25-27-29-35-49(7-3)39-33-31-37(45-47-39)41-43(51)42(44(41)52)38-32-34-40(48-46-38)50(8-4)36-30-28-26-24-22-20-18-16-14-12-10-6-2/h31-34H,5-30,35-36H2,1-4H3/p+1. The van der Waals surface area contributed by atoms with Crippen LogP contribution < -0.4 is 4.90 Å². The molecule has 0 bridgehead atoms. The van der Waals surface area contributed by atoms with Gasteiger partial charge < -0.3 is 10.0 Å². The molecule has 0 atom stereocenters. The molecule has 52 heavy (non-hydrogen) atoms. The zero-order chi connectivity index (χ0) is 37.2. The maximum atomic E-state index is 13.2. The number of Topliss-reactive ketones (excluding diaryl/α,β-unsaturated/α-hetero) is 1. The van der Waals surface area contributed by atoms with Crippen LogP contribution in [0.3, 0.4) is 0 Å². The fourth-order valence-electron chi connectivity index (χ4n) is 7.29. The first kappa shape index (κ1) is 43.2. The topological polar surface area (TPSA) is 94.0 Å². The van der Waals surface area contributed by atoms with Gasteiger partial charge in [0.15, 0.2) is 5.82 Å². The molecule has 2 aliphatic rings. The highest BCUT2D eigenvalue weighted by Gasteiger charge is 2.39. The van der Waals surface area contributed by atoms with Gasteiger partial charge in [0.2, 0.25) is 5.78 Å². The Morgan fingerprint density at radius 1 is 0.596 bits per heavy atom. The highest BCUT2D eigenvalue weighted by atomic mass is 16.3. The summed E-state index contributed by atoms with van der Waals surface area (Å²) in [5, 5.41) is 28.5. The van der Waals surface area contributed by atoms with Crippen LogP contribution >= 0.6 is 0 Å². The molecule has 0 saturated heterocycles. The molecule has 1 N–H and O–H groups in total. The van der Waals surface area contributed by atoms with Crippen LogP contribution in [0.25, 0.3) is 5.57 Å². The van der Waals surface area contributed by atoms with Crippen molar-refractivity contribution in [2.24, 2.45) is 10.2 Å². The van der Waals surface area contributed by atoms with Crippen LogP contribution in [0.4, 0.5) is 5.82 Å². The molecule has 0 unspecified atom stereocenters. The van der Waals surface area contributed by atoms with E-state index >= 15 is 0 Å². The van der Waals surface area contributed by atoms with Crippen LogP contribution in [0.1, 0.15) is 187 Å². The lowest BCUT2D eigenvalue weighted by Gasteiger charge is -2.23. The van der Waals surface area contributed by atoms with Gasteiger partial charge in [-0.05, 0) is 56.4 Å². The molecule has 0 fully saturated rings. The average molecular weight is 718 g/mol. The van der Waals surface area contributed by atoms with Crippen molar-refractivity contribution in [3.63, 3.8) is 0 Å². The van der Waals surface area contributed by atoms with Crippen molar-refractivity contribution in [2.75, 3.05) is 31.1 Å². The summed E-state index contributed by atoms with van der Waals surface area (Å²) in [5.74, 6) is 1.25. The Hall–Kier alpha value is -3.16. The van der Waals surface area contributed by atoms with E-state index in [9.17, 15) is 9.90 Å². The molecule has 0 radical (unpaired) electrons. The number of aliphatic hydroxyl groups excluding tert-OH is 1. The Morgan fingerprint density at radius 2 is 1.12 bits per heavy atom. The van der Waals surface area contributed by atoms with Crippen molar-refractivity contribution in [3.8, 4) is 0 Å². The lowest BCUT2D eigenvalue weighted by molar-refractivity contribution is -0.525. The summed E-state index contributed by atoms with van der Waals surface area (Å²) in [6, 6.07) is 3.69. The number of amidine groups is 1. The number of azo groups is 1. The number of allylic oxidation sites excluding steroid dienone is 3. The Morgan fingerprint density at radius 3 is 1.54 bits per heavy atom. The first-order valence-electron chi connectivity index (χ1n) is 21.6. The number of unbranched alkanes of at least 4 members (excludes halogenated alkanes) is 22. The molecule has 1 aromatic heterocycles. The highest BCUT2D eigenvalue weighted by molar-refractivity contribution is 6.39. The van der Waals surface area contributed by atoms with Gasteiger partial charge in [0.25, 0.3) is 0 Å². The second kappa shape index (κ2) is 26.6. The number of carbonyl (C=O) groups excluding carboxylic acids is 1. The second-order valence-corrected chi connectivity index (χ2v) is 14.9. The van der Waals surface area contributed by atoms with Gasteiger partial charge in [-0.1, -0.05) is 149 Å². The minimum Gasteiger partial charge on any atom is -0.506 e. The molecule has 2 heterocycles. The van der Waals surface area contributed by atoms with Gasteiger partial charge in [-0.25, -0.2) is 0 Å². The van der Waals surface area contributed by atoms with Gasteiger partial charge in [-0.15, -0.1) is 10.2 Å². The molecule has 0 amide bonds. The minimum absolute atomic E-state index is 0.0817. The summed E-state index contributed by atoms with van der Waals surface area (Å²) in [5.41, 5.74) is 1.18. The smallest absolute Gasteiger partial charge is 0.346 e. The van der Waals surface area contributed by atoms with Crippen molar-refractivity contribution in [3.05, 3.63) is 47.0 Å². The van der Waals surface area contributed by atoms with Crippen molar-refractivity contribution < 1.29 is 14.5 Å². The van der Waals surface area contributed by atoms with E-state index in [0.717, 1.165) is 50.7 Å². The first-order valence-corrected chi connectivity index (χ1v) is 21.6. The lowest BCUT2D eigenvalue weighted by Crippen LogP contribution is -2.26. The van der Waals surface area contributed by atoms with Crippen molar-refractivity contribution >= 4 is 23.0 Å². The molecule has 1 aliphatic heterocycles. The van der Waals surface area contributed by atoms with Crippen LogP contribution in [-0.4, -0.2) is 57.7 Å². The van der Waals surface area contributed by atoms with E-state index in [1.54, 1.807) is 12.1 Å². The van der Waals surface area contributed by atoms with Crippen molar-refractivity contribution in [1.29, 1.82) is 0 Å². The molecule has 0 saturated carbocycles. The van der Waals surface area contributed by atoms with Gasteiger partial charge in [-0.2, -0.15) is 0 Å². The largest absolute Gasteiger partial charge is 0.506 e. The van der Waals surface area contributed by atoms with E-state index in [0.29, 0.717) is 11.4 Å². The first-order chi connectivity index (χ1) is 25.5. The third-order valence-corrected chi connectivity index (χ3v) is 10.7. The average Bonchev–Trinajstić information content (AvgIpc) is 3.16. The molecule has 8 nitrogen and oxygen atoms in total. The Labute approximate surface area is 317 Å². The summed E-state index contributed by atoms with van der Waals surface area (Å²) in [4.78, 5) is 15.4. The minimum atomic E-state index is -0.269. The number of nitrogens with zero attached hydrogens (tertiary/aromatic N) is 6. The van der Waals surface area contributed by atoms with Gasteiger partial charge >= 0.3 is 5.84 Å². The van der Waals surface area contributed by atoms with Gasteiger partial charge in [0, 0.05) is 19.2 Å². The molecule has 8 heteroatoms. The predicted octanol–water partition coefficient (Wildman–Crippen LogP) is 12.3. The van der Waals surface area contributed by atoms with E-state index in [4.69, 9.17) is 0 Å². The third-order valence-electron chi connectivity index (χ3n) is 10.7. The van der Waals surface area contributed by atoms with E-state index in [-0.39, 0.29) is 22.7 Å². The summed E-state index contributed by atoms with van der Waals surface area (Å²) in [6.07, 6.45) is 35.7. The highest BCUT2D eigenvalue weighted by Crippen LogP contribution is 2.38. The maximum Gasteiger partial charge on any atom is 0.346 e. The quantitative estimate of drug-likeness (QED) is 0.0486. The van der Waals surface area contributed by atoms with Crippen molar-refractivity contribution in [1.82, 2.24) is 10.2 Å². The number of aliphatic hydroxyl groups is 1. The fourth-order valence-corrected chi connectivity index (χ4v) is 7.29. The second-order valence-electron chi connectivity index (χ2n) is 14.9. The van der Waals surface area contributed by atoms with Crippen LogP contribution in [0.2, 0.25) is 0 Å². The number of carbonyl (C=O) groups is 1. The molecule has 1 aliphatic carbocycles. The fraction of sp³-hybridized carbons (Fsp3) is 0.727. The Bertz CT molecular complexity index is 1310. The van der Waals surface area contributed by atoms with E-state index in [1.807, 2.05) is 12.1 Å². The number of hydrogen-bond donors (Lipinski definition) is 1. The van der Waals surface area contributed by atoms with Gasteiger partial charge in [0.1, 0.15) is 17.2 Å². The maximum absolute atomic E-state index is 13.2. The summed E-state index contributed by atoms with van der Waals surface area (Å²) in [7, 11) is 0. The zero-order valence-electron chi connectivity index (χ0n) is 33.6. The Kier molecular flexibility index (Phi) is 22.1. The van der Waals surface area contributed by atoms with Crippen LogP contribution in [0.5, 0.6) is 0 Å². The number of ketones is 1. The number of anilines is 1. The van der Waals surface area contributed by atoms with Crippen LogP contribution in [-0.2, 0) is 4.79 Å². The molecule has 290 valence electrons. The van der Waals surface area contributed by atoms with Crippen LogP contribution in [0, 0.1) is 0 Å². The summed E-state index contributed by atoms with van der Waals surface area (Å²) >= 11 is 0. The SMILES string of the molecule is CCCCCCCCCCCCCCN(CC)c1ccc(C2=C(O)/C(=C3C=C/C(=[N+](\CC)CCCCCCCCCCCCCC)N=N\3)C2=O)nn1. The number of aromatic nitrogens is 2. The molecular formula is C44H73N6O2+. The van der Waals surface area contributed by atoms with E-state index < -0.39 is 0 Å². The van der Waals surface area contributed by atoms with E-state index in [1.165, 1.54) is 141 Å². The normalized spacial score (nSPS) is 16.6. The number of rotatable bonds is 30. The van der Waals surface area contributed by atoms with Crippen LogP contribution in [0.15, 0.2) is 51.5 Å². The van der Waals surface area contributed by atoms with Gasteiger partial charge in [0.05, 0.1) is 29.3 Å². The molecule has 3 rings (SSSR count). The van der Waals surface area contributed by atoms with E-state index in [2.05, 4.69) is 57.6 Å². The molecular weight excluding hydrogens is 645 g/mol. The molecule has 0 spiro atoms. The van der Waals surface area contributed by atoms with Crippen molar-refractivity contribution in [2.45, 2.75) is 182 Å².